The number of Topliss-reactive ketones (excluding diaryl/α,β-unsaturated/α-hetero) is 1. The largest absolute Gasteiger partial charge is 0.292 e. The van der Waals surface area contributed by atoms with Crippen LogP contribution in [0.15, 0.2) is 12.1 Å². The van der Waals surface area contributed by atoms with Crippen LogP contribution >= 0.6 is 27.3 Å². The summed E-state index contributed by atoms with van der Waals surface area (Å²) in [6.07, 6.45) is 3.53. The van der Waals surface area contributed by atoms with Crippen LogP contribution in [0.1, 0.15) is 34.3 Å². The van der Waals surface area contributed by atoms with Crippen molar-refractivity contribution in [3.05, 3.63) is 21.9 Å². The molecule has 1 nitrogen and oxygen atoms in total. The number of hydrogen-bond acceptors (Lipinski definition) is 2. The van der Waals surface area contributed by atoms with E-state index < -0.39 is 0 Å². The summed E-state index contributed by atoms with van der Waals surface area (Å²) in [6.45, 7) is 2.18. The Hall–Kier alpha value is -0.150. The van der Waals surface area contributed by atoms with E-state index in [9.17, 15) is 4.79 Å². The quantitative estimate of drug-likeness (QED) is 0.584. The van der Waals surface area contributed by atoms with Gasteiger partial charge in [0.1, 0.15) is 0 Å². The number of hydrogen-bond donors (Lipinski definition) is 0. The lowest BCUT2D eigenvalue weighted by Gasteiger charge is -1.92. The maximum Gasteiger partial charge on any atom is 0.183 e. The van der Waals surface area contributed by atoms with Gasteiger partial charge in [-0.2, -0.15) is 0 Å². The normalized spacial score (nSPS) is 10.3. The Bertz CT molecular complexity index is 280. The molecule has 0 unspecified atom stereocenters. The Kier molecular flexibility index (Phi) is 4.67. The molecule has 3 heteroatoms. The fourth-order valence-electron chi connectivity index (χ4n) is 1.08. The van der Waals surface area contributed by atoms with Crippen molar-refractivity contribution in [1.82, 2.24) is 0 Å². The maximum atomic E-state index is 11.3. The molecular weight excluding hydrogens is 248 g/mol. The Morgan fingerprint density at radius 2 is 2.31 bits per heavy atom. The van der Waals surface area contributed by atoms with Crippen LogP contribution in [-0.2, 0) is 6.42 Å². The van der Waals surface area contributed by atoms with Gasteiger partial charge in [-0.05, 0) is 25.0 Å². The van der Waals surface area contributed by atoms with Gasteiger partial charge in [0.15, 0.2) is 5.78 Å². The third kappa shape index (κ3) is 3.24. The molecule has 0 atom stereocenters. The third-order valence-electron chi connectivity index (χ3n) is 1.83. The van der Waals surface area contributed by atoms with Gasteiger partial charge in [-0.15, -0.1) is 11.3 Å². The fourth-order valence-corrected chi connectivity index (χ4v) is 2.55. The molecule has 0 radical (unpaired) electrons. The molecule has 72 valence electrons. The van der Waals surface area contributed by atoms with E-state index in [1.165, 1.54) is 17.7 Å². The van der Waals surface area contributed by atoms with Gasteiger partial charge in [-0.3, -0.25) is 4.79 Å². The van der Waals surface area contributed by atoms with Gasteiger partial charge in [0.05, 0.1) is 10.2 Å². The Labute approximate surface area is 91.3 Å². The smallest absolute Gasteiger partial charge is 0.183 e. The number of carbonyl (C=O) groups is 1. The first-order chi connectivity index (χ1) is 6.27. The average molecular weight is 261 g/mol. The van der Waals surface area contributed by atoms with Gasteiger partial charge < -0.3 is 0 Å². The van der Waals surface area contributed by atoms with Crippen molar-refractivity contribution < 1.29 is 4.79 Å². The monoisotopic (exact) mass is 260 g/mol. The van der Waals surface area contributed by atoms with Crippen molar-refractivity contribution in [2.24, 2.45) is 0 Å². The van der Waals surface area contributed by atoms with Crippen LogP contribution in [0.4, 0.5) is 0 Å². The molecule has 0 amide bonds. The van der Waals surface area contributed by atoms with Crippen LogP contribution in [0.25, 0.3) is 0 Å². The number of unbranched alkanes of at least 4 members (excludes halogenated alkanes) is 1. The van der Waals surface area contributed by atoms with Crippen LogP contribution in [0.3, 0.4) is 0 Å². The molecule has 0 spiro atoms. The predicted molar refractivity (Wildman–Crippen MR) is 61.1 cm³/mol. The van der Waals surface area contributed by atoms with Crippen molar-refractivity contribution in [3.63, 3.8) is 0 Å². The molecule has 0 fully saturated rings. The molecule has 0 aromatic carbocycles. The van der Waals surface area contributed by atoms with Crippen molar-refractivity contribution in [2.45, 2.75) is 26.2 Å². The number of rotatable bonds is 5. The van der Waals surface area contributed by atoms with Crippen LogP contribution in [0.2, 0.25) is 0 Å². The molecule has 0 bridgehead atoms. The first-order valence-corrected chi connectivity index (χ1v) is 6.39. The summed E-state index contributed by atoms with van der Waals surface area (Å²) in [5.74, 6) is 0.188. The fraction of sp³-hybridized carbons (Fsp3) is 0.500. The Balaban J connectivity index is 2.58. The molecule has 0 saturated carbocycles. The van der Waals surface area contributed by atoms with E-state index in [4.69, 9.17) is 0 Å². The second-order valence-corrected chi connectivity index (χ2v) is 4.66. The highest BCUT2D eigenvalue weighted by molar-refractivity contribution is 9.09. The van der Waals surface area contributed by atoms with E-state index in [-0.39, 0.29) is 5.78 Å². The maximum absolute atomic E-state index is 11.3. The molecule has 13 heavy (non-hydrogen) atoms. The number of carbonyl (C=O) groups excluding carboxylic acids is 1. The molecule has 0 aliphatic heterocycles. The van der Waals surface area contributed by atoms with Gasteiger partial charge in [-0.1, -0.05) is 29.3 Å². The van der Waals surface area contributed by atoms with E-state index in [0.717, 1.165) is 11.3 Å². The van der Waals surface area contributed by atoms with Crippen LogP contribution < -0.4 is 0 Å². The summed E-state index contributed by atoms with van der Waals surface area (Å²) in [5, 5.41) is 0.431. The molecule has 1 aromatic rings. The highest BCUT2D eigenvalue weighted by atomic mass is 79.9. The van der Waals surface area contributed by atoms with Crippen LogP contribution in [0, 0.1) is 0 Å². The summed E-state index contributed by atoms with van der Waals surface area (Å²) in [6, 6.07) is 4.00. The molecule has 1 aromatic heterocycles. The Morgan fingerprint density at radius 1 is 1.54 bits per heavy atom. The van der Waals surface area contributed by atoms with Gasteiger partial charge in [0.2, 0.25) is 0 Å². The van der Waals surface area contributed by atoms with E-state index in [1.807, 2.05) is 6.07 Å². The average Bonchev–Trinajstić information content (AvgIpc) is 2.62. The summed E-state index contributed by atoms with van der Waals surface area (Å²) >= 11 is 4.80. The van der Waals surface area contributed by atoms with E-state index in [2.05, 4.69) is 28.9 Å². The van der Waals surface area contributed by atoms with E-state index in [1.54, 1.807) is 11.3 Å². The lowest BCUT2D eigenvalue weighted by molar-refractivity contribution is 0.102. The molecular formula is C10H13BrOS. The predicted octanol–water partition coefficient (Wildman–Crippen LogP) is 3.67. The number of ketones is 1. The zero-order valence-electron chi connectivity index (χ0n) is 7.68. The number of thiophene rings is 1. The van der Waals surface area contributed by atoms with Crippen LogP contribution in [-0.4, -0.2) is 11.1 Å². The van der Waals surface area contributed by atoms with Crippen molar-refractivity contribution in [3.8, 4) is 0 Å². The number of halogens is 1. The Morgan fingerprint density at radius 3 is 2.92 bits per heavy atom. The third-order valence-corrected chi connectivity index (χ3v) is 3.53. The summed E-state index contributed by atoms with van der Waals surface area (Å²) < 4.78 is 0. The first-order valence-electron chi connectivity index (χ1n) is 4.45. The molecule has 0 N–H and O–H groups in total. The minimum atomic E-state index is 0.188. The highest BCUT2D eigenvalue weighted by Gasteiger charge is 2.06. The van der Waals surface area contributed by atoms with Crippen molar-refractivity contribution >= 4 is 33.0 Å². The van der Waals surface area contributed by atoms with Gasteiger partial charge in [-0.25, -0.2) is 0 Å². The molecule has 0 aliphatic rings. The van der Waals surface area contributed by atoms with Gasteiger partial charge >= 0.3 is 0 Å². The molecule has 0 aliphatic carbocycles. The number of alkyl halides is 1. The van der Waals surface area contributed by atoms with E-state index in [0.29, 0.717) is 5.33 Å². The highest BCUT2D eigenvalue weighted by Crippen LogP contribution is 2.19. The van der Waals surface area contributed by atoms with Gasteiger partial charge in [0.25, 0.3) is 0 Å². The standard InChI is InChI=1S/C10H13BrOS/c1-2-3-4-8-5-6-10(13-8)9(12)7-11/h5-6H,2-4,7H2,1H3. The second-order valence-electron chi connectivity index (χ2n) is 2.93. The molecule has 1 heterocycles. The zero-order chi connectivity index (χ0) is 9.68. The lowest BCUT2D eigenvalue weighted by Crippen LogP contribution is -1.94. The minimum Gasteiger partial charge on any atom is -0.292 e. The second kappa shape index (κ2) is 5.55. The summed E-state index contributed by atoms with van der Waals surface area (Å²) in [7, 11) is 0. The van der Waals surface area contributed by atoms with E-state index >= 15 is 0 Å². The van der Waals surface area contributed by atoms with Gasteiger partial charge in [0, 0.05) is 4.88 Å². The lowest BCUT2D eigenvalue weighted by atomic mass is 10.2. The minimum absolute atomic E-state index is 0.188. The number of aryl methyl sites for hydroxylation is 1. The van der Waals surface area contributed by atoms with Crippen molar-refractivity contribution in [2.75, 3.05) is 5.33 Å². The first kappa shape index (κ1) is 10.9. The zero-order valence-corrected chi connectivity index (χ0v) is 10.1. The topological polar surface area (TPSA) is 17.1 Å². The summed E-state index contributed by atoms with van der Waals surface area (Å²) in [5.41, 5.74) is 0. The SMILES string of the molecule is CCCCc1ccc(C(=O)CBr)s1. The van der Waals surface area contributed by atoms with Crippen LogP contribution in [0.5, 0.6) is 0 Å². The molecule has 1 rings (SSSR count). The van der Waals surface area contributed by atoms with Crippen molar-refractivity contribution in [1.29, 1.82) is 0 Å². The summed E-state index contributed by atoms with van der Waals surface area (Å²) in [4.78, 5) is 13.5. The molecule has 0 saturated heterocycles.